The molecule has 0 aliphatic heterocycles. The van der Waals surface area contributed by atoms with E-state index in [4.69, 9.17) is 0 Å². The average molecular weight is 322 g/mol. The molecule has 14 heavy (non-hydrogen) atoms. The van der Waals surface area contributed by atoms with E-state index < -0.39 is 0 Å². The van der Waals surface area contributed by atoms with Crippen LogP contribution in [-0.4, -0.2) is 34.8 Å². The second kappa shape index (κ2) is 19.7. The third kappa shape index (κ3) is 23.2. The van der Waals surface area contributed by atoms with E-state index in [0.29, 0.717) is 0 Å². The molecule has 0 aliphatic rings. The van der Waals surface area contributed by atoms with Crippen molar-refractivity contribution in [3.63, 3.8) is 0 Å². The van der Waals surface area contributed by atoms with E-state index in [0.717, 1.165) is 0 Å². The molecule has 0 atom stereocenters. The summed E-state index contributed by atoms with van der Waals surface area (Å²) in [6, 6.07) is 0. The van der Waals surface area contributed by atoms with Crippen LogP contribution in [-0.2, 0) is 0 Å². The van der Waals surface area contributed by atoms with Gasteiger partial charge in [-0.05, 0) is 25.2 Å². The standard InChI is InChI=1S/C8H19P.C4H9.Sn/c1-3-5-7-9-8-6-4-2;1-3-4-2;/h9H,3-8H2,1-2H3;1,3-4H2,2H3;. The Morgan fingerprint density at radius 1 is 0.786 bits per heavy atom. The molecule has 85 valence electrons. The molecular weight excluding hydrogens is 294 g/mol. The zero-order chi connectivity index (χ0) is 11.1. The van der Waals surface area contributed by atoms with Gasteiger partial charge in [0.15, 0.2) is 0 Å². The predicted octanol–water partition coefficient (Wildman–Crippen LogP) is 4.64. The van der Waals surface area contributed by atoms with E-state index in [1.807, 2.05) is 0 Å². The summed E-state index contributed by atoms with van der Waals surface area (Å²) in [6.07, 6.45) is 11.4. The van der Waals surface area contributed by atoms with Crippen molar-refractivity contribution >= 4 is 31.1 Å². The third-order valence-corrected chi connectivity index (χ3v) is 4.37. The molecule has 0 aromatic carbocycles. The molecule has 0 saturated heterocycles. The maximum atomic E-state index is 2.27. The van der Waals surface area contributed by atoms with Crippen molar-refractivity contribution in [2.75, 3.05) is 12.3 Å². The van der Waals surface area contributed by atoms with Crippen LogP contribution in [0.3, 0.4) is 0 Å². The van der Waals surface area contributed by atoms with Crippen molar-refractivity contribution in [1.82, 2.24) is 0 Å². The van der Waals surface area contributed by atoms with Crippen molar-refractivity contribution in [1.29, 1.82) is 0 Å². The van der Waals surface area contributed by atoms with Gasteiger partial charge in [0.05, 0.1) is 0 Å². The Morgan fingerprint density at radius 3 is 1.43 bits per heavy atom. The van der Waals surface area contributed by atoms with E-state index in [1.54, 1.807) is 22.5 Å². The molecular formula is C12H28PSn. The van der Waals surface area contributed by atoms with Crippen LogP contribution in [0.2, 0.25) is 4.44 Å². The topological polar surface area (TPSA) is 0 Å². The molecule has 0 N–H and O–H groups in total. The van der Waals surface area contributed by atoms with Gasteiger partial charge in [-0.3, -0.25) is 0 Å². The average Bonchev–Trinajstić information content (AvgIpc) is 2.20. The number of hydrogen-bond donors (Lipinski definition) is 0. The van der Waals surface area contributed by atoms with E-state index in [2.05, 4.69) is 20.8 Å². The molecule has 0 aliphatic carbocycles. The number of hydrogen-bond acceptors (Lipinski definition) is 0. The van der Waals surface area contributed by atoms with Gasteiger partial charge in [0.25, 0.3) is 0 Å². The van der Waals surface area contributed by atoms with Crippen molar-refractivity contribution in [2.24, 2.45) is 0 Å². The predicted molar refractivity (Wildman–Crippen MR) is 73.3 cm³/mol. The van der Waals surface area contributed by atoms with Crippen LogP contribution in [0.1, 0.15) is 59.3 Å². The fourth-order valence-electron chi connectivity index (χ4n) is 0.905. The summed E-state index contributed by atoms with van der Waals surface area (Å²) in [5.41, 5.74) is 0. The summed E-state index contributed by atoms with van der Waals surface area (Å²) in [7, 11) is 1.25. The minimum atomic E-state index is 1.25. The van der Waals surface area contributed by atoms with Crippen LogP contribution >= 0.6 is 8.58 Å². The van der Waals surface area contributed by atoms with Gasteiger partial charge >= 0.3 is 46.7 Å². The molecule has 0 saturated carbocycles. The van der Waals surface area contributed by atoms with Gasteiger partial charge in [-0.15, -0.1) is 8.58 Å². The first kappa shape index (κ1) is 17.6. The van der Waals surface area contributed by atoms with Gasteiger partial charge in [-0.2, -0.15) is 0 Å². The molecule has 0 spiro atoms. The van der Waals surface area contributed by atoms with Gasteiger partial charge in [0.1, 0.15) is 0 Å². The molecule has 0 rings (SSSR count). The van der Waals surface area contributed by atoms with Crippen molar-refractivity contribution in [3.05, 3.63) is 0 Å². The van der Waals surface area contributed by atoms with Gasteiger partial charge in [0.2, 0.25) is 0 Å². The van der Waals surface area contributed by atoms with E-state index >= 15 is 0 Å². The molecule has 0 heterocycles. The molecule has 0 bridgehead atoms. The molecule has 0 aromatic rings. The van der Waals surface area contributed by atoms with Crippen LogP contribution < -0.4 is 0 Å². The quantitative estimate of drug-likeness (QED) is 0.347. The Bertz CT molecular complexity index is 68.7. The molecule has 2 heteroatoms. The number of unbranched alkanes of at least 4 members (excludes halogenated alkanes) is 3. The molecule has 0 nitrogen and oxygen atoms in total. The Morgan fingerprint density at radius 2 is 1.21 bits per heavy atom. The number of rotatable bonds is 8. The van der Waals surface area contributed by atoms with Crippen LogP contribution in [0.5, 0.6) is 0 Å². The monoisotopic (exact) mass is 323 g/mol. The normalized spacial score (nSPS) is 9.43. The van der Waals surface area contributed by atoms with Crippen LogP contribution in [0.4, 0.5) is 0 Å². The first-order valence-electron chi connectivity index (χ1n) is 6.18. The van der Waals surface area contributed by atoms with E-state index in [-0.39, 0.29) is 0 Å². The van der Waals surface area contributed by atoms with Crippen molar-refractivity contribution in [2.45, 2.75) is 63.7 Å². The Kier molecular flexibility index (Phi) is 24.9. The Labute approximate surface area is 107 Å². The van der Waals surface area contributed by atoms with E-state index in [1.165, 1.54) is 63.9 Å². The van der Waals surface area contributed by atoms with Crippen LogP contribution in [0, 0.1) is 0 Å². The molecule has 3 radical (unpaired) electrons. The molecule has 0 amide bonds. The second-order valence-electron chi connectivity index (χ2n) is 3.56. The maximum absolute atomic E-state index is 2.27. The zero-order valence-electron chi connectivity index (χ0n) is 10.4. The summed E-state index contributed by atoms with van der Waals surface area (Å²) in [5.74, 6) is 0. The summed E-state index contributed by atoms with van der Waals surface area (Å²) in [5, 5.41) is 0. The summed E-state index contributed by atoms with van der Waals surface area (Å²) in [6.45, 7) is 6.76. The van der Waals surface area contributed by atoms with Crippen LogP contribution in [0.15, 0.2) is 0 Å². The Hall–Kier alpha value is 1.23. The summed E-state index contributed by atoms with van der Waals surface area (Å²) < 4.78 is 1.43. The SMILES string of the molecule is CCCCPCCCC.CCC[CH2][Sn]. The van der Waals surface area contributed by atoms with Gasteiger partial charge in [-0.25, -0.2) is 0 Å². The Balaban J connectivity index is 0. The van der Waals surface area contributed by atoms with Crippen molar-refractivity contribution in [3.8, 4) is 0 Å². The first-order valence-corrected chi connectivity index (χ1v) is 9.61. The van der Waals surface area contributed by atoms with Gasteiger partial charge in [0, 0.05) is 0 Å². The minimum absolute atomic E-state index is 1.25. The van der Waals surface area contributed by atoms with E-state index in [9.17, 15) is 0 Å². The fraction of sp³-hybridized carbons (Fsp3) is 1.00. The molecule has 0 unspecified atom stereocenters. The second-order valence-corrected chi connectivity index (χ2v) is 6.49. The summed E-state index contributed by atoms with van der Waals surface area (Å²) >= 11 is 1.68. The summed E-state index contributed by atoms with van der Waals surface area (Å²) in [4.78, 5) is 0. The molecule has 0 aromatic heterocycles. The third-order valence-electron chi connectivity index (χ3n) is 1.94. The van der Waals surface area contributed by atoms with Gasteiger partial charge < -0.3 is 0 Å². The fourth-order valence-corrected chi connectivity index (χ4v) is 3.37. The van der Waals surface area contributed by atoms with Crippen molar-refractivity contribution < 1.29 is 0 Å². The molecule has 0 fully saturated rings. The zero-order valence-corrected chi connectivity index (χ0v) is 14.2. The first-order chi connectivity index (χ1) is 6.83. The van der Waals surface area contributed by atoms with Crippen LogP contribution in [0.25, 0.3) is 0 Å². The van der Waals surface area contributed by atoms with Gasteiger partial charge in [-0.1, -0.05) is 26.7 Å².